The van der Waals surface area contributed by atoms with E-state index in [4.69, 9.17) is 8.83 Å². The van der Waals surface area contributed by atoms with Crippen molar-refractivity contribution in [3.8, 4) is 56.1 Å². The molecule has 0 saturated heterocycles. The summed E-state index contributed by atoms with van der Waals surface area (Å²) in [6.07, 6.45) is 13.4. The molecule has 4 aromatic heterocycles. The molecule has 4 aromatic carbocycles. The minimum absolute atomic E-state index is 0.325. The molecule has 54 heavy (non-hydrogen) atoms. The summed E-state index contributed by atoms with van der Waals surface area (Å²) >= 11 is 0. The normalized spacial score (nSPS) is 11.6. The Morgan fingerprint density at radius 1 is 0.426 bits per heavy atom. The van der Waals surface area contributed by atoms with E-state index >= 15 is 0 Å². The fraction of sp³-hybridized carbons (Fsp3) is 0.0909. The Hall–Kier alpha value is -6.10. The van der Waals surface area contributed by atoms with E-state index in [2.05, 4.69) is 82.2 Å². The molecule has 0 fully saturated rings. The molecule has 8 aromatic rings. The quantitative estimate of drug-likeness (QED) is 0.153. The van der Waals surface area contributed by atoms with E-state index in [1.807, 2.05) is 50.2 Å². The summed E-state index contributed by atoms with van der Waals surface area (Å²) < 4.78 is 61.3. The van der Waals surface area contributed by atoms with Crippen LogP contribution in [-0.4, -0.2) is 38.5 Å². The molecule has 0 bridgehead atoms. The van der Waals surface area contributed by atoms with Crippen LogP contribution in [0.4, 0.5) is 0 Å². The number of aromatic nitrogens is 2. The van der Waals surface area contributed by atoms with Gasteiger partial charge in [0.25, 0.3) is 0 Å². The highest BCUT2D eigenvalue weighted by atomic mass is 32.2. The number of aryl methyl sites for hydroxylation is 2. The molecule has 10 heteroatoms. The fourth-order valence-corrected chi connectivity index (χ4v) is 7.56. The summed E-state index contributed by atoms with van der Waals surface area (Å²) in [6, 6.07) is 38.6. The number of furan rings is 2. The van der Waals surface area contributed by atoms with Gasteiger partial charge in [-0.15, -0.1) is 0 Å². The molecule has 272 valence electrons. The molecule has 8 rings (SSSR count). The van der Waals surface area contributed by atoms with Crippen LogP contribution in [0.2, 0.25) is 0 Å². The number of hydrogen-bond acceptors (Lipinski definition) is 6. The van der Waals surface area contributed by atoms with E-state index < -0.39 is 19.7 Å². The summed E-state index contributed by atoms with van der Waals surface area (Å²) in [4.78, 5) is 0.649. The third kappa shape index (κ3) is 7.95. The maximum atomic E-state index is 11.7. The maximum Gasteiger partial charge on any atom is 0.175 e. The first-order chi connectivity index (χ1) is 25.8. The number of sulfone groups is 2. The second-order valence-electron chi connectivity index (χ2n) is 13.3. The molecule has 0 N–H and O–H groups in total. The van der Waals surface area contributed by atoms with Crippen molar-refractivity contribution in [2.45, 2.75) is 23.6 Å². The average molecular weight is 755 g/mol. The lowest BCUT2D eigenvalue weighted by Gasteiger charge is -2.11. The van der Waals surface area contributed by atoms with Gasteiger partial charge in [0, 0.05) is 47.4 Å². The van der Waals surface area contributed by atoms with Gasteiger partial charge in [-0.3, -0.25) is 0 Å². The van der Waals surface area contributed by atoms with Crippen LogP contribution in [0.5, 0.6) is 0 Å². The molecular formula is C44H38N2O6S2. The molecule has 4 heterocycles. The maximum absolute atomic E-state index is 11.7. The van der Waals surface area contributed by atoms with Gasteiger partial charge in [0.2, 0.25) is 0 Å². The Kier molecular flexibility index (Phi) is 9.89. The average Bonchev–Trinajstić information content (AvgIpc) is 4.00. The van der Waals surface area contributed by atoms with Crippen molar-refractivity contribution in [1.29, 1.82) is 0 Å². The first-order valence-electron chi connectivity index (χ1n) is 17.1. The van der Waals surface area contributed by atoms with Gasteiger partial charge >= 0.3 is 0 Å². The second kappa shape index (κ2) is 14.7. The summed E-state index contributed by atoms with van der Waals surface area (Å²) in [5.41, 5.74) is 12.6. The Morgan fingerprint density at radius 2 is 0.759 bits per heavy atom. The molecule has 0 atom stereocenters. The van der Waals surface area contributed by atoms with E-state index in [1.165, 1.54) is 12.5 Å². The van der Waals surface area contributed by atoms with Crippen molar-refractivity contribution in [3.63, 3.8) is 0 Å². The lowest BCUT2D eigenvalue weighted by atomic mass is 10.1. The number of rotatable bonds is 8. The van der Waals surface area contributed by atoms with Gasteiger partial charge < -0.3 is 18.0 Å². The summed E-state index contributed by atoms with van der Waals surface area (Å²) in [5.74, 6) is 0. The Bertz CT molecular complexity index is 2530. The van der Waals surface area contributed by atoms with Crippen molar-refractivity contribution in [2.75, 3.05) is 12.5 Å². The predicted molar refractivity (Wildman–Crippen MR) is 214 cm³/mol. The lowest BCUT2D eigenvalue weighted by Crippen LogP contribution is -1.98. The first kappa shape index (κ1) is 36.3. The van der Waals surface area contributed by atoms with Gasteiger partial charge in [0.1, 0.15) is 0 Å². The molecule has 0 aliphatic carbocycles. The van der Waals surface area contributed by atoms with Crippen LogP contribution in [-0.2, 0) is 19.7 Å². The Labute approximate surface area is 315 Å². The predicted octanol–water partition coefficient (Wildman–Crippen LogP) is 10.2. The van der Waals surface area contributed by atoms with Gasteiger partial charge in [-0.05, 0) is 120 Å². The van der Waals surface area contributed by atoms with Crippen LogP contribution in [0.3, 0.4) is 0 Å². The zero-order valence-electron chi connectivity index (χ0n) is 30.2. The minimum Gasteiger partial charge on any atom is -0.472 e. The van der Waals surface area contributed by atoms with Gasteiger partial charge in [0.05, 0.1) is 46.2 Å². The van der Waals surface area contributed by atoms with Crippen molar-refractivity contribution >= 4 is 19.7 Å². The summed E-state index contributed by atoms with van der Waals surface area (Å²) in [6.45, 7) is 4.09. The first-order valence-corrected chi connectivity index (χ1v) is 20.9. The van der Waals surface area contributed by atoms with Crippen LogP contribution in [0.15, 0.2) is 177 Å². The zero-order valence-corrected chi connectivity index (χ0v) is 31.8. The SMILES string of the molecule is Cc1cc(-c2ccc(S(C)(=O)=O)cc2)n(-c2ccc(-c3ccoc3)cc2)c1.Cc1cc(-c2ccc(S(C)(=O)=O)cc2)n(-c2ccc(-c3ccoc3)cc2)c1. The second-order valence-corrected chi connectivity index (χ2v) is 17.3. The number of hydrogen-bond donors (Lipinski definition) is 0. The standard InChI is InChI=1S/2C22H19NO3S/c2*1-16-13-22(18-5-9-21(10-6-18)27(2,24)25)23(14-16)20-7-3-17(4-8-20)19-11-12-26-15-19/h2*3-15H,1-2H3. The molecule has 0 spiro atoms. The van der Waals surface area contributed by atoms with Crippen LogP contribution < -0.4 is 0 Å². The van der Waals surface area contributed by atoms with Crippen LogP contribution in [0, 0.1) is 13.8 Å². The molecule has 0 aliphatic rings. The molecule has 0 radical (unpaired) electrons. The largest absolute Gasteiger partial charge is 0.472 e. The molecule has 0 amide bonds. The van der Waals surface area contributed by atoms with E-state index in [-0.39, 0.29) is 0 Å². The van der Waals surface area contributed by atoms with Crippen molar-refractivity contribution in [3.05, 3.63) is 170 Å². The van der Waals surface area contributed by atoms with Gasteiger partial charge in [-0.1, -0.05) is 48.5 Å². The number of benzene rings is 4. The van der Waals surface area contributed by atoms with Gasteiger partial charge in [0.15, 0.2) is 19.7 Å². The zero-order chi connectivity index (χ0) is 38.0. The monoisotopic (exact) mass is 754 g/mol. The van der Waals surface area contributed by atoms with Crippen LogP contribution in [0.25, 0.3) is 56.1 Å². The Balaban J connectivity index is 0.000000167. The fourth-order valence-electron chi connectivity index (χ4n) is 6.30. The van der Waals surface area contributed by atoms with Gasteiger partial charge in [-0.2, -0.15) is 0 Å². The van der Waals surface area contributed by atoms with Crippen LogP contribution >= 0.6 is 0 Å². The highest BCUT2D eigenvalue weighted by molar-refractivity contribution is 7.91. The van der Waals surface area contributed by atoms with Crippen molar-refractivity contribution < 1.29 is 25.7 Å². The van der Waals surface area contributed by atoms with Crippen molar-refractivity contribution in [2.24, 2.45) is 0 Å². The molecular weight excluding hydrogens is 717 g/mol. The topological polar surface area (TPSA) is 104 Å². The third-order valence-electron chi connectivity index (χ3n) is 9.07. The van der Waals surface area contributed by atoms with Crippen molar-refractivity contribution in [1.82, 2.24) is 9.13 Å². The molecule has 0 unspecified atom stereocenters. The van der Waals surface area contributed by atoms with E-state index in [0.29, 0.717) is 9.79 Å². The lowest BCUT2D eigenvalue weighted by molar-refractivity contribution is 0.568. The highest BCUT2D eigenvalue weighted by Crippen LogP contribution is 2.30. The summed E-state index contributed by atoms with van der Waals surface area (Å²) in [7, 11) is -6.40. The van der Waals surface area contributed by atoms with E-state index in [1.54, 1.807) is 49.3 Å². The molecule has 8 nitrogen and oxygen atoms in total. The van der Waals surface area contributed by atoms with E-state index in [0.717, 1.165) is 67.3 Å². The Morgan fingerprint density at radius 3 is 1.06 bits per heavy atom. The van der Waals surface area contributed by atoms with E-state index in [9.17, 15) is 16.8 Å². The van der Waals surface area contributed by atoms with Crippen LogP contribution in [0.1, 0.15) is 11.1 Å². The highest BCUT2D eigenvalue weighted by Gasteiger charge is 2.13. The minimum atomic E-state index is -3.20. The molecule has 0 aliphatic heterocycles. The third-order valence-corrected chi connectivity index (χ3v) is 11.3. The molecule has 0 saturated carbocycles. The van der Waals surface area contributed by atoms with Gasteiger partial charge in [-0.25, -0.2) is 16.8 Å². The summed E-state index contributed by atoms with van der Waals surface area (Å²) in [5, 5.41) is 0. The smallest absolute Gasteiger partial charge is 0.175 e. The number of nitrogens with zero attached hydrogens (tertiary/aromatic N) is 2.